The Kier molecular flexibility index (Phi) is 3.68. The van der Waals surface area contributed by atoms with Crippen LogP contribution in [-0.4, -0.2) is 25.0 Å². The summed E-state index contributed by atoms with van der Waals surface area (Å²) in [6.45, 7) is 17.6. The summed E-state index contributed by atoms with van der Waals surface area (Å²) in [7, 11) is -1.81. The highest BCUT2D eigenvalue weighted by atomic mass is 28.4. The van der Waals surface area contributed by atoms with Gasteiger partial charge in [-0.3, -0.25) is 0 Å². The van der Waals surface area contributed by atoms with Crippen LogP contribution in [0.3, 0.4) is 0 Å². The predicted octanol–water partition coefficient (Wildman–Crippen LogP) is 3.76. The molecule has 0 fully saturated rings. The van der Waals surface area contributed by atoms with Crippen molar-refractivity contribution >= 4 is 14.5 Å². The highest BCUT2D eigenvalue weighted by Gasteiger charge is 2.47. The zero-order valence-electron chi connectivity index (χ0n) is 12.6. The van der Waals surface area contributed by atoms with Crippen LogP contribution in [0.4, 0.5) is 0 Å². The second-order valence-electron chi connectivity index (χ2n) is 7.32. The van der Waals surface area contributed by atoms with Crippen molar-refractivity contribution < 1.29 is 14.3 Å². The van der Waals surface area contributed by atoms with E-state index in [0.717, 1.165) is 6.42 Å². The number of hydrogen-bond acceptors (Lipinski definition) is 2. The van der Waals surface area contributed by atoms with E-state index in [1.165, 1.54) is 0 Å². The fraction of sp³-hybridized carbons (Fsp3) is 0.923. The van der Waals surface area contributed by atoms with Crippen molar-refractivity contribution in [2.45, 2.75) is 71.7 Å². The molecule has 3 nitrogen and oxygen atoms in total. The van der Waals surface area contributed by atoms with E-state index in [-0.39, 0.29) is 10.6 Å². The van der Waals surface area contributed by atoms with E-state index < -0.39 is 8.32 Å². The molecule has 1 unspecified atom stereocenters. The molecule has 0 aromatic heterocycles. The van der Waals surface area contributed by atoms with Crippen LogP contribution < -0.4 is 0 Å². The second-order valence-corrected chi connectivity index (χ2v) is 12.0. The summed E-state index contributed by atoms with van der Waals surface area (Å²) in [5.41, 5.74) is -0.142. The zero-order chi connectivity index (χ0) is 13.5. The highest BCUT2D eigenvalue weighted by molar-refractivity contribution is 6.73. The van der Waals surface area contributed by atoms with E-state index >= 15 is 0 Å². The van der Waals surface area contributed by atoms with Gasteiger partial charge in [0, 0.05) is 12.3 Å². The number of nitrogens with zero attached hydrogens (tertiary/aromatic N) is 1. The van der Waals surface area contributed by atoms with Gasteiger partial charge in [-0.1, -0.05) is 27.7 Å². The fourth-order valence-electron chi connectivity index (χ4n) is 1.76. The molecule has 100 valence electrons. The first-order chi connectivity index (χ1) is 7.43. The lowest BCUT2D eigenvalue weighted by atomic mass is 9.95. The van der Waals surface area contributed by atoms with Gasteiger partial charge in [-0.05, 0) is 32.0 Å². The van der Waals surface area contributed by atoms with E-state index in [1.54, 1.807) is 4.90 Å². The molecule has 0 spiro atoms. The third-order valence-corrected chi connectivity index (χ3v) is 7.90. The molecule has 1 heterocycles. The van der Waals surface area contributed by atoms with Gasteiger partial charge in [0.05, 0.1) is 0 Å². The first kappa shape index (κ1) is 14.5. The van der Waals surface area contributed by atoms with Gasteiger partial charge in [0.2, 0.25) is 0 Å². The first-order valence-electron chi connectivity index (χ1n) is 6.45. The van der Waals surface area contributed by atoms with Crippen molar-refractivity contribution in [3.8, 4) is 0 Å². The molecular formula is C13H28NO2Si+. The monoisotopic (exact) mass is 258 g/mol. The van der Waals surface area contributed by atoms with Gasteiger partial charge in [-0.25, -0.2) is 4.84 Å². The van der Waals surface area contributed by atoms with Gasteiger partial charge in [-0.2, -0.15) is 0 Å². The van der Waals surface area contributed by atoms with Crippen molar-refractivity contribution in [1.82, 2.24) is 0 Å². The molecule has 0 saturated carbocycles. The maximum Gasteiger partial charge on any atom is 0.351 e. The van der Waals surface area contributed by atoms with Gasteiger partial charge in [0.15, 0.2) is 10.5 Å². The minimum atomic E-state index is -1.81. The van der Waals surface area contributed by atoms with E-state index in [2.05, 4.69) is 54.6 Å². The van der Waals surface area contributed by atoms with Gasteiger partial charge in [0.1, 0.15) is 0 Å². The van der Waals surface area contributed by atoms with Crippen LogP contribution >= 0.6 is 0 Å². The minimum absolute atomic E-state index is 0.142. The molecule has 0 N–H and O–H groups in total. The number of rotatable bonds is 2. The van der Waals surface area contributed by atoms with E-state index in [1.807, 2.05) is 6.21 Å². The number of hydrogen-bond donors (Lipinski definition) is 0. The Hall–Kier alpha value is -0.513. The van der Waals surface area contributed by atoms with Crippen molar-refractivity contribution in [1.29, 1.82) is 0 Å². The van der Waals surface area contributed by atoms with Crippen LogP contribution in [0.2, 0.25) is 18.1 Å². The van der Waals surface area contributed by atoms with E-state index in [4.69, 9.17) is 9.36 Å². The van der Waals surface area contributed by atoms with Crippen LogP contribution in [0.5, 0.6) is 0 Å². The normalized spacial score (nSPS) is 24.9. The van der Waals surface area contributed by atoms with Gasteiger partial charge in [-0.15, -0.1) is 0 Å². The van der Waals surface area contributed by atoms with Crippen molar-refractivity contribution in [2.24, 2.45) is 5.92 Å². The fourth-order valence-corrected chi connectivity index (χ4v) is 2.58. The lowest BCUT2D eigenvalue weighted by Gasteiger charge is -2.33. The molecule has 0 radical (unpaired) electrons. The van der Waals surface area contributed by atoms with Gasteiger partial charge >= 0.3 is 8.32 Å². The van der Waals surface area contributed by atoms with Crippen LogP contribution in [0, 0.1) is 5.92 Å². The molecule has 0 aromatic carbocycles. The summed E-state index contributed by atoms with van der Waals surface area (Å²) in [4.78, 5) is 7.50. The molecule has 17 heavy (non-hydrogen) atoms. The quantitative estimate of drug-likeness (QED) is 0.703. The summed E-state index contributed by atoms with van der Waals surface area (Å²) in [5, 5.41) is 0.190. The van der Waals surface area contributed by atoms with E-state index in [0.29, 0.717) is 5.92 Å². The molecule has 0 amide bonds. The molecule has 0 saturated heterocycles. The lowest BCUT2D eigenvalue weighted by molar-refractivity contribution is -0.960. The van der Waals surface area contributed by atoms with Crippen LogP contribution in [-0.2, 0) is 9.36 Å². The van der Waals surface area contributed by atoms with Crippen LogP contribution in [0.25, 0.3) is 0 Å². The molecule has 0 bridgehead atoms. The summed E-state index contributed by atoms with van der Waals surface area (Å²) in [5.74, 6) is 0.489. The molecule has 4 heteroatoms. The predicted molar refractivity (Wildman–Crippen MR) is 73.6 cm³/mol. The Morgan fingerprint density at radius 1 is 1.35 bits per heavy atom. The summed E-state index contributed by atoms with van der Waals surface area (Å²) >= 11 is 0. The van der Waals surface area contributed by atoms with Crippen molar-refractivity contribution in [2.75, 3.05) is 0 Å². The summed E-state index contributed by atoms with van der Waals surface area (Å²) < 4.78 is 6.14. The molecule has 1 aliphatic heterocycles. The zero-order valence-corrected chi connectivity index (χ0v) is 13.6. The Morgan fingerprint density at radius 3 is 2.29 bits per heavy atom. The molecule has 1 atom stereocenters. The highest BCUT2D eigenvalue weighted by Crippen LogP contribution is 2.37. The molecule has 1 aliphatic rings. The lowest BCUT2D eigenvalue weighted by Crippen LogP contribution is -2.48. The second kappa shape index (κ2) is 4.30. The van der Waals surface area contributed by atoms with Crippen LogP contribution in [0.15, 0.2) is 0 Å². The van der Waals surface area contributed by atoms with E-state index in [9.17, 15) is 0 Å². The van der Waals surface area contributed by atoms with Gasteiger partial charge in [0.25, 0.3) is 6.21 Å². The molecule has 0 aromatic rings. The average Bonchev–Trinajstić information content (AvgIpc) is 1.94. The maximum atomic E-state index is 6.14. The third kappa shape index (κ3) is 3.73. The minimum Gasteiger partial charge on any atom is -0.305 e. The topological polar surface area (TPSA) is 21.5 Å². The summed E-state index contributed by atoms with van der Waals surface area (Å²) in [6, 6.07) is 0. The van der Waals surface area contributed by atoms with Gasteiger partial charge < -0.3 is 4.53 Å². The molecular weight excluding hydrogens is 230 g/mol. The van der Waals surface area contributed by atoms with Crippen LogP contribution in [0.1, 0.15) is 48.0 Å². The Bertz CT molecular complexity index is 316. The average molecular weight is 258 g/mol. The SMILES string of the molecule is CC1C=[N+](O[Si](C)(C)C(C)(C)C)OC(C)(C)C1. The standard InChI is InChI=1S/C13H28NO2Si/c1-11-9-13(5,6)15-14(10-11)16-17(7,8)12(2,3)4/h10-11H,9H2,1-8H3/q+1. The first-order valence-corrected chi connectivity index (χ1v) is 9.36. The molecule has 1 rings (SSSR count). The van der Waals surface area contributed by atoms with Crippen molar-refractivity contribution in [3.05, 3.63) is 0 Å². The Morgan fingerprint density at radius 2 is 1.88 bits per heavy atom. The largest absolute Gasteiger partial charge is 0.351 e. The van der Waals surface area contributed by atoms with Crippen molar-refractivity contribution in [3.63, 3.8) is 0 Å². The third-order valence-electron chi connectivity index (χ3n) is 3.65. The Balaban J connectivity index is 2.82. The molecule has 0 aliphatic carbocycles. The summed E-state index contributed by atoms with van der Waals surface area (Å²) in [6.07, 6.45) is 3.08. The Labute approximate surface area is 107 Å². The maximum absolute atomic E-state index is 6.14. The smallest absolute Gasteiger partial charge is 0.305 e.